The van der Waals surface area contributed by atoms with E-state index in [0.29, 0.717) is 20.3 Å². The molecule has 0 aliphatic heterocycles. The standard InChI is InChI=1S/2C7H11NO4S2.2H3N/c2*9-5(10)1-3-8-7(13)14-4-2-6(11)12;;/h2*1-4H2,(H,8,13)(H,9,10)(H,11,12);2*1H3. The predicted octanol–water partition coefficient (Wildman–Crippen LogP) is 2.23. The summed E-state index contributed by atoms with van der Waals surface area (Å²) in [6.45, 7) is 0.350. The number of aliphatic carboxylic acids is 4. The van der Waals surface area contributed by atoms with E-state index >= 15 is 0 Å². The molecule has 0 saturated carbocycles. The molecule has 0 amide bonds. The van der Waals surface area contributed by atoms with Crippen molar-refractivity contribution >= 4 is 81.4 Å². The first kappa shape index (κ1) is 35.9. The van der Waals surface area contributed by atoms with Crippen molar-refractivity contribution in [2.45, 2.75) is 25.7 Å². The van der Waals surface area contributed by atoms with Crippen molar-refractivity contribution in [2.75, 3.05) is 24.6 Å². The van der Waals surface area contributed by atoms with Gasteiger partial charge in [-0.05, 0) is 0 Å². The molecule has 30 heavy (non-hydrogen) atoms. The lowest BCUT2D eigenvalue weighted by molar-refractivity contribution is -0.137. The molecule has 0 bridgehead atoms. The van der Waals surface area contributed by atoms with Crippen LogP contribution in [-0.2, 0) is 19.2 Å². The highest BCUT2D eigenvalue weighted by Crippen LogP contribution is 2.10. The van der Waals surface area contributed by atoms with Gasteiger partial charge in [0.25, 0.3) is 0 Å². The van der Waals surface area contributed by atoms with Gasteiger partial charge in [-0.25, -0.2) is 0 Å². The van der Waals surface area contributed by atoms with Crippen LogP contribution in [0.15, 0.2) is 9.98 Å². The van der Waals surface area contributed by atoms with Crippen LogP contribution in [0.1, 0.15) is 25.7 Å². The summed E-state index contributed by atoms with van der Waals surface area (Å²) in [4.78, 5) is 48.1. The van der Waals surface area contributed by atoms with Gasteiger partial charge in [-0.1, -0.05) is 23.5 Å². The lowest BCUT2D eigenvalue weighted by atomic mass is 10.4. The third-order valence-corrected chi connectivity index (χ3v) is 4.89. The van der Waals surface area contributed by atoms with Gasteiger partial charge in [-0.2, -0.15) is 0 Å². The first-order valence-corrected chi connectivity index (χ1v) is 10.5. The van der Waals surface area contributed by atoms with Crippen molar-refractivity contribution in [3.05, 3.63) is 0 Å². The van der Waals surface area contributed by atoms with Crippen molar-refractivity contribution in [1.82, 2.24) is 12.3 Å². The maximum atomic E-state index is 10.1. The second-order valence-corrected chi connectivity index (χ2v) is 8.22. The van der Waals surface area contributed by atoms with E-state index in [-0.39, 0.29) is 51.1 Å². The number of thioether (sulfide) groups is 2. The fraction of sp³-hybridized carbons (Fsp3) is 0.571. The minimum absolute atomic E-state index is 0. The first-order chi connectivity index (χ1) is 13.0. The van der Waals surface area contributed by atoms with E-state index in [2.05, 4.69) is 35.2 Å². The summed E-state index contributed by atoms with van der Waals surface area (Å²) in [5.41, 5.74) is 0. The molecule has 0 aromatic heterocycles. The molecule has 0 radical (unpaired) electrons. The van der Waals surface area contributed by atoms with E-state index in [1.165, 1.54) is 23.5 Å². The zero-order valence-electron chi connectivity index (χ0n) is 16.1. The number of hydrogen-bond acceptors (Lipinski definition) is 10. The van der Waals surface area contributed by atoms with Crippen molar-refractivity contribution in [3.8, 4) is 0 Å². The van der Waals surface area contributed by atoms with Gasteiger partial charge in [-0.15, -0.1) is 25.3 Å². The van der Waals surface area contributed by atoms with Gasteiger partial charge in [0.15, 0.2) is 0 Å². The molecule has 0 aromatic carbocycles. The molecule has 0 aliphatic rings. The maximum Gasteiger partial charge on any atom is 0.305 e. The molecule has 10 N–H and O–H groups in total. The van der Waals surface area contributed by atoms with Crippen LogP contribution in [0.3, 0.4) is 0 Å². The van der Waals surface area contributed by atoms with Gasteiger partial charge in [0.2, 0.25) is 0 Å². The van der Waals surface area contributed by atoms with Crippen molar-refractivity contribution in [3.63, 3.8) is 0 Å². The summed E-state index contributed by atoms with van der Waals surface area (Å²) < 4.78 is 0.847. The van der Waals surface area contributed by atoms with Crippen LogP contribution in [0.5, 0.6) is 0 Å². The number of aliphatic imine (C=N–C) groups is 2. The van der Waals surface area contributed by atoms with Crippen LogP contribution in [0.2, 0.25) is 0 Å². The second-order valence-electron chi connectivity index (χ2n) is 4.60. The van der Waals surface area contributed by atoms with Gasteiger partial charge >= 0.3 is 23.9 Å². The highest BCUT2D eigenvalue weighted by molar-refractivity contribution is 8.32. The van der Waals surface area contributed by atoms with E-state index in [1.54, 1.807) is 0 Å². The molecule has 0 aliphatic carbocycles. The smallest absolute Gasteiger partial charge is 0.305 e. The minimum Gasteiger partial charge on any atom is -0.481 e. The summed E-state index contributed by atoms with van der Waals surface area (Å²) in [7, 11) is 0. The Labute approximate surface area is 193 Å². The summed E-state index contributed by atoms with van der Waals surface area (Å²) in [5, 5.41) is 33.2. The normalized spacial score (nSPS) is 10.6. The Morgan fingerprint density at radius 3 is 1.10 bits per heavy atom. The molecule has 0 heterocycles. The number of rotatable bonds is 12. The fourth-order valence-electron chi connectivity index (χ4n) is 1.04. The number of nitrogens with zero attached hydrogens (tertiary/aromatic N) is 2. The van der Waals surface area contributed by atoms with Crippen LogP contribution in [-0.4, -0.2) is 77.7 Å². The molecular weight excluding hydrogens is 480 g/mol. The first-order valence-electron chi connectivity index (χ1n) is 7.64. The molecule has 0 fully saturated rings. The highest BCUT2D eigenvalue weighted by atomic mass is 32.2. The molecule has 0 rings (SSSR count). The average Bonchev–Trinajstić information content (AvgIpc) is 2.54. The number of thiol groups is 2. The van der Waals surface area contributed by atoms with Gasteiger partial charge < -0.3 is 32.7 Å². The second kappa shape index (κ2) is 23.8. The van der Waals surface area contributed by atoms with Gasteiger partial charge in [0.1, 0.15) is 8.75 Å². The maximum absolute atomic E-state index is 10.1. The lowest BCUT2D eigenvalue weighted by Gasteiger charge is -1.97. The van der Waals surface area contributed by atoms with Crippen molar-refractivity contribution in [1.29, 1.82) is 0 Å². The van der Waals surface area contributed by atoms with Crippen LogP contribution in [0.4, 0.5) is 0 Å². The summed E-state index contributed by atoms with van der Waals surface area (Å²) >= 11 is 10.3. The number of hydrogen-bond donors (Lipinski definition) is 8. The largest absolute Gasteiger partial charge is 0.481 e. The summed E-state index contributed by atoms with van der Waals surface area (Å²) in [5.74, 6) is -2.78. The monoisotopic (exact) mass is 508 g/mol. The summed E-state index contributed by atoms with van der Waals surface area (Å²) in [6, 6.07) is 0. The van der Waals surface area contributed by atoms with Crippen LogP contribution >= 0.6 is 48.8 Å². The zero-order chi connectivity index (χ0) is 21.9. The van der Waals surface area contributed by atoms with Crippen LogP contribution in [0.25, 0.3) is 0 Å². The highest BCUT2D eigenvalue weighted by Gasteiger charge is 2.01. The fourth-order valence-corrected chi connectivity index (χ4v) is 3.08. The molecule has 0 aromatic rings. The topological polar surface area (TPSA) is 244 Å². The van der Waals surface area contributed by atoms with Crippen LogP contribution < -0.4 is 12.3 Å². The van der Waals surface area contributed by atoms with E-state index in [9.17, 15) is 19.2 Å². The molecule has 12 nitrogen and oxygen atoms in total. The zero-order valence-corrected chi connectivity index (χ0v) is 19.5. The van der Waals surface area contributed by atoms with E-state index in [4.69, 9.17) is 20.4 Å². The SMILES string of the molecule is N.N.O=C(O)CCN=C(S)SCCC(=O)O.O=C(O)CCN=C(S)SCCC(=O)O. The Bertz CT molecular complexity index is 540. The van der Waals surface area contributed by atoms with Crippen molar-refractivity contribution < 1.29 is 39.6 Å². The predicted molar refractivity (Wildman–Crippen MR) is 127 cm³/mol. The minimum atomic E-state index is -0.912. The van der Waals surface area contributed by atoms with Gasteiger partial charge in [0.05, 0.1) is 38.8 Å². The molecular formula is C14H28N4O8S4. The molecule has 0 unspecified atom stereocenters. The Hall–Kier alpha value is -1.46. The molecule has 0 atom stereocenters. The lowest BCUT2D eigenvalue weighted by Crippen LogP contribution is -1.99. The van der Waals surface area contributed by atoms with Crippen molar-refractivity contribution in [2.24, 2.45) is 9.98 Å². The van der Waals surface area contributed by atoms with Gasteiger partial charge in [0, 0.05) is 11.5 Å². The van der Waals surface area contributed by atoms with Crippen LogP contribution in [0, 0.1) is 0 Å². The molecule has 16 heteroatoms. The van der Waals surface area contributed by atoms with E-state index < -0.39 is 23.9 Å². The quantitative estimate of drug-likeness (QED) is 0.107. The Morgan fingerprint density at radius 1 is 0.600 bits per heavy atom. The van der Waals surface area contributed by atoms with E-state index in [0.717, 1.165) is 0 Å². The van der Waals surface area contributed by atoms with Gasteiger partial charge in [-0.3, -0.25) is 29.2 Å². The Morgan fingerprint density at radius 2 is 0.867 bits per heavy atom. The average molecular weight is 509 g/mol. The third kappa shape index (κ3) is 34.1. The van der Waals surface area contributed by atoms with E-state index in [1.807, 2.05) is 0 Å². The molecule has 176 valence electrons. The number of carbonyl (C=O) groups is 4. The Kier molecular flexibility index (Phi) is 28.5. The molecule has 0 saturated heterocycles. The molecule has 0 spiro atoms. The summed E-state index contributed by atoms with van der Waals surface area (Å²) in [6.07, 6.45) is 0.0133. The Balaban J connectivity index is -0.000000211. The number of carboxylic acid groups (broad SMARTS) is 4. The third-order valence-electron chi connectivity index (χ3n) is 2.24. The number of carboxylic acids is 4.